The molecular weight excluding hydrogens is 456 g/mol. The first-order valence-electron chi connectivity index (χ1n) is 10.4. The van der Waals surface area contributed by atoms with E-state index >= 15 is 0 Å². The van der Waals surface area contributed by atoms with Gasteiger partial charge in [-0.1, -0.05) is 12.1 Å². The molecule has 0 aliphatic carbocycles. The lowest BCUT2D eigenvalue weighted by Crippen LogP contribution is -2.13. The van der Waals surface area contributed by atoms with Crippen molar-refractivity contribution in [3.05, 3.63) is 83.4 Å². The molecule has 9 heteroatoms. The summed E-state index contributed by atoms with van der Waals surface area (Å²) in [7, 11) is -2.60. The van der Waals surface area contributed by atoms with Gasteiger partial charge in [-0.25, -0.2) is 13.2 Å². The predicted molar refractivity (Wildman–Crippen MR) is 129 cm³/mol. The average molecular weight is 479 g/mol. The van der Waals surface area contributed by atoms with Crippen LogP contribution in [0.4, 0.5) is 11.4 Å². The van der Waals surface area contributed by atoms with E-state index in [-0.39, 0.29) is 10.8 Å². The molecule has 1 aliphatic heterocycles. The van der Waals surface area contributed by atoms with Crippen molar-refractivity contribution < 1.29 is 27.5 Å². The fourth-order valence-electron chi connectivity index (χ4n) is 3.48. The summed E-state index contributed by atoms with van der Waals surface area (Å²) < 4.78 is 38.6. The van der Waals surface area contributed by atoms with Crippen LogP contribution in [0.5, 0.6) is 5.75 Å². The minimum Gasteiger partial charge on any atom is -0.494 e. The minimum atomic E-state index is -3.90. The third-order valence-corrected chi connectivity index (χ3v) is 6.52. The summed E-state index contributed by atoms with van der Waals surface area (Å²) in [4.78, 5) is 24.2. The summed E-state index contributed by atoms with van der Waals surface area (Å²) in [6.45, 7) is 2.38. The second-order valence-corrected chi connectivity index (χ2v) is 9.08. The van der Waals surface area contributed by atoms with Crippen molar-refractivity contribution >= 4 is 44.9 Å². The van der Waals surface area contributed by atoms with Crippen LogP contribution in [0.15, 0.2) is 71.6 Å². The molecule has 8 nitrogen and oxygen atoms in total. The molecule has 4 rings (SSSR count). The Morgan fingerprint density at radius 1 is 1.03 bits per heavy atom. The molecule has 3 aromatic rings. The molecular formula is C25H22N2O6S. The lowest BCUT2D eigenvalue weighted by molar-refractivity contribution is -0.110. The van der Waals surface area contributed by atoms with E-state index in [0.29, 0.717) is 46.0 Å². The molecule has 0 radical (unpaired) electrons. The highest BCUT2D eigenvalue weighted by Gasteiger charge is 2.27. The van der Waals surface area contributed by atoms with Gasteiger partial charge in [0, 0.05) is 22.5 Å². The molecule has 3 aromatic carbocycles. The van der Waals surface area contributed by atoms with Gasteiger partial charge < -0.3 is 14.8 Å². The Balaban J connectivity index is 1.62. The molecule has 2 N–H and O–H groups in total. The Kier molecular flexibility index (Phi) is 6.38. The zero-order chi connectivity index (χ0) is 24.3. The standard InChI is InChI=1S/C25H22N2O6S/c1-3-33-19-10-8-18(9-11-19)27-34(30,31)20-12-13-23-21(15-20)22(24(28)26-23)14-16-4-6-17(7-5-16)25(29)32-2/h4-15,27H,3H2,1-2H3,(H,26,28)/b22-14+. The Labute approximate surface area is 197 Å². The summed E-state index contributed by atoms with van der Waals surface area (Å²) in [5, 5.41) is 2.74. The van der Waals surface area contributed by atoms with Crippen molar-refractivity contribution in [2.24, 2.45) is 0 Å². The summed E-state index contributed by atoms with van der Waals surface area (Å²) in [6.07, 6.45) is 1.64. The molecule has 0 saturated carbocycles. The van der Waals surface area contributed by atoms with Crippen LogP contribution in [0.3, 0.4) is 0 Å². The molecule has 0 bridgehead atoms. The Hall–Kier alpha value is -4.11. The highest BCUT2D eigenvalue weighted by Crippen LogP contribution is 2.35. The molecule has 0 unspecified atom stereocenters. The zero-order valence-electron chi connectivity index (χ0n) is 18.5. The van der Waals surface area contributed by atoms with Gasteiger partial charge in [0.25, 0.3) is 15.9 Å². The smallest absolute Gasteiger partial charge is 0.337 e. The molecule has 34 heavy (non-hydrogen) atoms. The summed E-state index contributed by atoms with van der Waals surface area (Å²) in [6, 6.07) is 17.6. The lowest BCUT2D eigenvalue weighted by Gasteiger charge is -2.10. The number of ether oxygens (including phenoxy) is 2. The minimum absolute atomic E-state index is 0.0172. The van der Waals surface area contributed by atoms with E-state index in [9.17, 15) is 18.0 Å². The van der Waals surface area contributed by atoms with Crippen molar-refractivity contribution in [1.82, 2.24) is 0 Å². The van der Waals surface area contributed by atoms with Gasteiger partial charge in [0.15, 0.2) is 0 Å². The van der Waals surface area contributed by atoms with Gasteiger partial charge in [0.2, 0.25) is 0 Å². The number of carbonyl (C=O) groups excluding carboxylic acids is 2. The Morgan fingerprint density at radius 3 is 2.38 bits per heavy atom. The number of fused-ring (bicyclic) bond motifs is 1. The van der Waals surface area contributed by atoms with Gasteiger partial charge in [-0.2, -0.15) is 0 Å². The van der Waals surface area contributed by atoms with Gasteiger partial charge >= 0.3 is 5.97 Å². The van der Waals surface area contributed by atoms with Crippen molar-refractivity contribution in [3.8, 4) is 5.75 Å². The fraction of sp³-hybridized carbons (Fsp3) is 0.120. The topological polar surface area (TPSA) is 111 Å². The number of carbonyl (C=O) groups is 2. The van der Waals surface area contributed by atoms with E-state index in [4.69, 9.17) is 4.74 Å². The van der Waals surface area contributed by atoms with E-state index < -0.39 is 16.0 Å². The first kappa shape index (κ1) is 23.1. The van der Waals surface area contributed by atoms with Crippen LogP contribution < -0.4 is 14.8 Å². The number of rotatable bonds is 7. The molecule has 1 aliphatic rings. The maximum absolute atomic E-state index is 13.0. The molecule has 174 valence electrons. The highest BCUT2D eigenvalue weighted by atomic mass is 32.2. The van der Waals surface area contributed by atoms with E-state index in [1.165, 1.54) is 19.2 Å². The van der Waals surface area contributed by atoms with E-state index in [0.717, 1.165) is 0 Å². The second-order valence-electron chi connectivity index (χ2n) is 7.40. The predicted octanol–water partition coefficient (Wildman–Crippen LogP) is 4.17. The van der Waals surface area contributed by atoms with Crippen molar-refractivity contribution in [1.29, 1.82) is 0 Å². The SMILES string of the molecule is CCOc1ccc(NS(=O)(=O)c2ccc3c(c2)/C(=C\c2ccc(C(=O)OC)cc2)C(=O)N3)cc1. The Bertz CT molecular complexity index is 1380. The monoisotopic (exact) mass is 478 g/mol. The first-order chi connectivity index (χ1) is 16.3. The normalized spacial score (nSPS) is 13.8. The van der Waals surface area contributed by atoms with E-state index in [1.807, 2.05) is 6.92 Å². The molecule has 1 amide bonds. The second kappa shape index (κ2) is 9.40. The molecule has 0 fully saturated rings. The summed E-state index contributed by atoms with van der Waals surface area (Å²) in [5.41, 5.74) is 2.75. The van der Waals surface area contributed by atoms with Crippen LogP contribution in [0.25, 0.3) is 11.6 Å². The Morgan fingerprint density at radius 2 is 1.74 bits per heavy atom. The number of hydrogen-bond donors (Lipinski definition) is 2. The van der Waals surface area contributed by atoms with Gasteiger partial charge in [-0.3, -0.25) is 9.52 Å². The molecule has 1 heterocycles. The first-order valence-corrected chi connectivity index (χ1v) is 11.9. The van der Waals surface area contributed by atoms with Crippen LogP contribution >= 0.6 is 0 Å². The van der Waals surface area contributed by atoms with Crippen molar-refractivity contribution in [3.63, 3.8) is 0 Å². The van der Waals surface area contributed by atoms with Gasteiger partial charge in [0.05, 0.1) is 24.2 Å². The van der Waals surface area contributed by atoms with Gasteiger partial charge in [-0.15, -0.1) is 0 Å². The van der Waals surface area contributed by atoms with Crippen LogP contribution in [0.2, 0.25) is 0 Å². The van der Waals surface area contributed by atoms with Crippen molar-refractivity contribution in [2.75, 3.05) is 23.8 Å². The number of methoxy groups -OCH3 is 1. The molecule has 0 spiro atoms. The number of anilines is 2. The van der Waals surface area contributed by atoms with Gasteiger partial charge in [-0.05, 0) is 73.2 Å². The largest absolute Gasteiger partial charge is 0.494 e. The molecule has 0 atom stereocenters. The number of hydrogen-bond acceptors (Lipinski definition) is 6. The number of benzene rings is 3. The molecule has 0 saturated heterocycles. The lowest BCUT2D eigenvalue weighted by atomic mass is 10.0. The average Bonchev–Trinajstić information content (AvgIpc) is 3.14. The fourth-order valence-corrected chi connectivity index (χ4v) is 4.56. The zero-order valence-corrected chi connectivity index (χ0v) is 19.3. The van der Waals surface area contributed by atoms with Crippen LogP contribution in [-0.2, 0) is 19.6 Å². The number of sulfonamides is 1. The summed E-state index contributed by atoms with van der Waals surface area (Å²) in [5.74, 6) is -0.166. The summed E-state index contributed by atoms with van der Waals surface area (Å²) >= 11 is 0. The van der Waals surface area contributed by atoms with Crippen molar-refractivity contribution in [2.45, 2.75) is 11.8 Å². The number of esters is 1. The van der Waals surface area contributed by atoms with E-state index in [1.54, 1.807) is 60.7 Å². The van der Waals surface area contributed by atoms with Gasteiger partial charge in [0.1, 0.15) is 5.75 Å². The highest BCUT2D eigenvalue weighted by molar-refractivity contribution is 7.92. The maximum atomic E-state index is 13.0. The quantitative estimate of drug-likeness (QED) is 0.390. The van der Waals surface area contributed by atoms with Crippen LogP contribution in [-0.4, -0.2) is 34.0 Å². The van der Waals surface area contributed by atoms with Crippen LogP contribution in [0.1, 0.15) is 28.4 Å². The number of amides is 1. The van der Waals surface area contributed by atoms with E-state index in [2.05, 4.69) is 14.8 Å². The number of nitrogens with one attached hydrogen (secondary N) is 2. The maximum Gasteiger partial charge on any atom is 0.337 e. The third kappa shape index (κ3) is 4.79. The third-order valence-electron chi connectivity index (χ3n) is 5.14. The molecule has 0 aromatic heterocycles. The van der Waals surface area contributed by atoms with Crippen LogP contribution in [0, 0.1) is 0 Å².